The fourth-order valence-electron chi connectivity index (χ4n) is 1.71. The number of ether oxygens (including phenoxy) is 2. The van der Waals surface area contributed by atoms with Crippen molar-refractivity contribution in [3.8, 4) is 0 Å². The minimum atomic E-state index is -3.50. The van der Waals surface area contributed by atoms with Gasteiger partial charge in [0.05, 0.1) is 36.2 Å². The zero-order chi connectivity index (χ0) is 17.3. The van der Waals surface area contributed by atoms with E-state index in [0.29, 0.717) is 39.5 Å². The molecule has 0 radical (unpaired) electrons. The largest absolute Gasteiger partial charge is 0.378 e. The van der Waals surface area contributed by atoms with Crippen LogP contribution in [0.4, 0.5) is 11.4 Å². The first-order chi connectivity index (χ1) is 10.9. The van der Waals surface area contributed by atoms with Crippen molar-refractivity contribution >= 4 is 21.2 Å². The molecule has 0 bridgehead atoms. The maximum absolute atomic E-state index is 11.4. The molecule has 1 aromatic rings. The van der Waals surface area contributed by atoms with Crippen LogP contribution in [0.15, 0.2) is 23.1 Å². The summed E-state index contributed by atoms with van der Waals surface area (Å²) in [5.74, 6) is 0. The van der Waals surface area contributed by atoms with E-state index in [1.54, 1.807) is 0 Å². The van der Waals surface area contributed by atoms with Gasteiger partial charge in [-0.2, -0.15) is 0 Å². The molecule has 0 amide bonds. The van der Waals surface area contributed by atoms with Crippen LogP contribution in [0.3, 0.4) is 0 Å². The third-order valence-electron chi connectivity index (χ3n) is 2.79. The number of hydrogen-bond donors (Lipinski definition) is 2. The predicted molar refractivity (Wildman–Crippen MR) is 85.4 cm³/mol. The number of anilines is 1. The van der Waals surface area contributed by atoms with Crippen molar-refractivity contribution in [1.29, 1.82) is 0 Å². The lowest BCUT2D eigenvalue weighted by molar-refractivity contribution is -0.384. The van der Waals surface area contributed by atoms with Crippen LogP contribution in [-0.2, 0) is 19.3 Å². The average molecular weight is 347 g/mol. The van der Waals surface area contributed by atoms with E-state index in [1.165, 1.54) is 12.1 Å². The summed E-state index contributed by atoms with van der Waals surface area (Å²) >= 11 is 0. The predicted octanol–water partition coefficient (Wildman–Crippen LogP) is 0.402. The second-order valence-corrected chi connectivity index (χ2v) is 6.66. The van der Waals surface area contributed by atoms with Crippen LogP contribution in [0, 0.1) is 10.1 Å². The van der Waals surface area contributed by atoms with Crippen LogP contribution in [0.25, 0.3) is 0 Å². The van der Waals surface area contributed by atoms with Crippen molar-refractivity contribution < 1.29 is 22.8 Å². The standard InChI is InChI=1S/C13H21N3O6S/c1-23(19,20)11-2-3-12(13(10-11)16(17)18)15-5-7-22-9-8-21-6-4-14/h2-3,10,15H,4-9,14H2,1H3. The second-order valence-electron chi connectivity index (χ2n) is 4.65. The number of sulfone groups is 1. The molecule has 0 aromatic heterocycles. The van der Waals surface area contributed by atoms with Gasteiger partial charge in [0.1, 0.15) is 5.69 Å². The highest BCUT2D eigenvalue weighted by atomic mass is 32.2. The Balaban J connectivity index is 2.52. The van der Waals surface area contributed by atoms with E-state index in [2.05, 4.69) is 5.32 Å². The molecule has 0 fully saturated rings. The number of nitrogens with one attached hydrogen (secondary N) is 1. The fraction of sp³-hybridized carbons (Fsp3) is 0.538. The lowest BCUT2D eigenvalue weighted by Crippen LogP contribution is -2.15. The molecule has 0 aliphatic heterocycles. The van der Waals surface area contributed by atoms with E-state index < -0.39 is 14.8 Å². The summed E-state index contributed by atoms with van der Waals surface area (Å²) in [4.78, 5) is 10.3. The normalized spacial score (nSPS) is 11.4. The number of benzene rings is 1. The molecule has 1 aromatic carbocycles. The maximum Gasteiger partial charge on any atom is 0.293 e. The quantitative estimate of drug-likeness (QED) is 0.334. The van der Waals surface area contributed by atoms with E-state index >= 15 is 0 Å². The van der Waals surface area contributed by atoms with Crippen molar-refractivity contribution in [2.75, 3.05) is 51.1 Å². The minimum absolute atomic E-state index is 0.0944. The van der Waals surface area contributed by atoms with Crippen molar-refractivity contribution in [1.82, 2.24) is 0 Å². The van der Waals surface area contributed by atoms with Gasteiger partial charge in [-0.1, -0.05) is 0 Å². The van der Waals surface area contributed by atoms with E-state index in [-0.39, 0.29) is 16.3 Å². The molecule has 0 aliphatic rings. The van der Waals surface area contributed by atoms with Gasteiger partial charge in [-0.25, -0.2) is 8.42 Å². The van der Waals surface area contributed by atoms with Gasteiger partial charge in [-0.05, 0) is 12.1 Å². The van der Waals surface area contributed by atoms with Gasteiger partial charge in [-0.15, -0.1) is 0 Å². The Morgan fingerprint density at radius 3 is 2.43 bits per heavy atom. The molecular formula is C13H21N3O6S. The Morgan fingerprint density at radius 2 is 1.87 bits per heavy atom. The van der Waals surface area contributed by atoms with Crippen LogP contribution in [0.5, 0.6) is 0 Å². The average Bonchev–Trinajstić information content (AvgIpc) is 2.48. The van der Waals surface area contributed by atoms with Crippen molar-refractivity contribution in [3.63, 3.8) is 0 Å². The number of nitro groups is 1. The zero-order valence-corrected chi connectivity index (χ0v) is 13.7. The first-order valence-corrected chi connectivity index (χ1v) is 8.83. The molecule has 0 heterocycles. The molecule has 0 aliphatic carbocycles. The second kappa shape index (κ2) is 9.40. The van der Waals surface area contributed by atoms with E-state index in [0.717, 1.165) is 12.3 Å². The van der Waals surface area contributed by atoms with E-state index in [1.807, 2.05) is 0 Å². The summed E-state index contributed by atoms with van der Waals surface area (Å²) in [6.45, 7) is 2.43. The molecule has 1 rings (SSSR count). The highest BCUT2D eigenvalue weighted by molar-refractivity contribution is 7.90. The van der Waals surface area contributed by atoms with Crippen LogP contribution >= 0.6 is 0 Å². The van der Waals surface area contributed by atoms with Crippen molar-refractivity contribution in [3.05, 3.63) is 28.3 Å². The monoisotopic (exact) mass is 347 g/mol. The lowest BCUT2D eigenvalue weighted by atomic mass is 10.2. The van der Waals surface area contributed by atoms with Gasteiger partial charge in [-0.3, -0.25) is 10.1 Å². The van der Waals surface area contributed by atoms with E-state index in [9.17, 15) is 18.5 Å². The third kappa shape index (κ3) is 6.91. The molecule has 0 saturated carbocycles. The molecule has 0 saturated heterocycles. The van der Waals surface area contributed by atoms with Crippen LogP contribution < -0.4 is 11.1 Å². The number of nitrogens with zero attached hydrogens (tertiary/aromatic N) is 1. The lowest BCUT2D eigenvalue weighted by Gasteiger charge is -2.09. The maximum atomic E-state index is 11.4. The van der Waals surface area contributed by atoms with Gasteiger partial charge in [0.25, 0.3) is 5.69 Å². The molecule has 130 valence electrons. The van der Waals surface area contributed by atoms with Crippen molar-refractivity contribution in [2.24, 2.45) is 5.73 Å². The summed E-state index contributed by atoms with van der Waals surface area (Å²) < 4.78 is 33.3. The van der Waals surface area contributed by atoms with E-state index in [4.69, 9.17) is 15.2 Å². The molecule has 9 nitrogen and oxygen atoms in total. The molecule has 23 heavy (non-hydrogen) atoms. The molecular weight excluding hydrogens is 326 g/mol. The van der Waals surface area contributed by atoms with Gasteiger partial charge in [0.15, 0.2) is 9.84 Å². The summed E-state index contributed by atoms with van der Waals surface area (Å²) in [6, 6.07) is 3.74. The number of rotatable bonds is 11. The zero-order valence-electron chi connectivity index (χ0n) is 12.9. The SMILES string of the molecule is CS(=O)(=O)c1ccc(NCCOCCOCCN)c([N+](=O)[O-])c1. The summed E-state index contributed by atoms with van der Waals surface area (Å²) in [5.41, 5.74) is 5.21. The Kier molecular flexibility index (Phi) is 7.89. The van der Waals surface area contributed by atoms with Gasteiger partial charge < -0.3 is 20.5 Å². The first-order valence-electron chi connectivity index (χ1n) is 6.94. The smallest absolute Gasteiger partial charge is 0.293 e. The van der Waals surface area contributed by atoms with Gasteiger partial charge in [0, 0.05) is 25.4 Å². The topological polar surface area (TPSA) is 134 Å². The van der Waals surface area contributed by atoms with Crippen LogP contribution in [0.1, 0.15) is 0 Å². The first kappa shape index (κ1) is 19.3. The molecule has 0 unspecified atom stereocenters. The summed E-state index contributed by atoms with van der Waals surface area (Å²) in [6.07, 6.45) is 1.000. The van der Waals surface area contributed by atoms with Crippen LogP contribution in [-0.4, -0.2) is 59.1 Å². The molecule has 10 heteroatoms. The van der Waals surface area contributed by atoms with Gasteiger partial charge >= 0.3 is 0 Å². The number of hydrogen-bond acceptors (Lipinski definition) is 8. The Morgan fingerprint density at radius 1 is 1.22 bits per heavy atom. The number of nitro benzene ring substituents is 1. The fourth-order valence-corrected chi connectivity index (χ4v) is 2.35. The summed E-state index contributed by atoms with van der Waals surface area (Å²) in [7, 11) is -3.50. The van der Waals surface area contributed by atoms with Crippen LogP contribution in [0.2, 0.25) is 0 Å². The Hall–Kier alpha value is -1.75. The third-order valence-corrected chi connectivity index (χ3v) is 3.90. The summed E-state index contributed by atoms with van der Waals surface area (Å²) in [5, 5.41) is 13.9. The minimum Gasteiger partial charge on any atom is -0.378 e. The molecule has 0 spiro atoms. The molecule has 0 atom stereocenters. The highest BCUT2D eigenvalue weighted by Gasteiger charge is 2.18. The Bertz CT molecular complexity index is 620. The van der Waals surface area contributed by atoms with Gasteiger partial charge in [0.2, 0.25) is 0 Å². The molecule has 3 N–H and O–H groups in total. The highest BCUT2D eigenvalue weighted by Crippen LogP contribution is 2.27. The Labute approximate surface area is 134 Å². The van der Waals surface area contributed by atoms with Crippen molar-refractivity contribution in [2.45, 2.75) is 4.90 Å². The number of nitrogens with two attached hydrogens (primary N) is 1.